The first kappa shape index (κ1) is 13.9. The summed E-state index contributed by atoms with van der Waals surface area (Å²) in [5.41, 5.74) is 5.38. The van der Waals surface area contributed by atoms with Gasteiger partial charge >= 0.3 is 5.97 Å². The number of unbranched alkanes of at least 4 members (excludes halogenated alkanes) is 1. The minimum Gasteiger partial charge on any atom is -0.480 e. The van der Waals surface area contributed by atoms with Gasteiger partial charge in [-0.05, 0) is 26.2 Å². The van der Waals surface area contributed by atoms with E-state index < -0.39 is 12.0 Å². The summed E-state index contributed by atoms with van der Waals surface area (Å²) in [4.78, 5) is 16.5. The van der Waals surface area contributed by atoms with Crippen LogP contribution in [-0.4, -0.2) is 48.5 Å². The molecule has 0 unspecified atom stereocenters. The number of amidine groups is 1. The molecule has 0 fully saturated rings. The molecule has 0 aliphatic carbocycles. The van der Waals surface area contributed by atoms with E-state index in [1.807, 2.05) is 18.9 Å². The summed E-state index contributed by atoms with van der Waals surface area (Å²) in [7, 11) is 3.73. The van der Waals surface area contributed by atoms with E-state index in [0.29, 0.717) is 6.42 Å². The fourth-order valence-electron chi connectivity index (χ4n) is 1.17. The van der Waals surface area contributed by atoms with Crippen LogP contribution >= 0.6 is 0 Å². The molecule has 0 radical (unpaired) electrons. The first-order valence-electron chi connectivity index (χ1n) is 5.12. The summed E-state index contributed by atoms with van der Waals surface area (Å²) in [5, 5.41) is 8.56. The molecule has 88 valence electrons. The van der Waals surface area contributed by atoms with E-state index in [0.717, 1.165) is 25.2 Å². The Bertz CT molecular complexity index is 229. The number of nitrogens with two attached hydrogens (primary N) is 1. The summed E-state index contributed by atoms with van der Waals surface area (Å²) < 4.78 is 0. The van der Waals surface area contributed by atoms with Crippen LogP contribution < -0.4 is 5.73 Å². The van der Waals surface area contributed by atoms with Crippen molar-refractivity contribution in [1.82, 2.24) is 4.90 Å². The average Bonchev–Trinajstić information content (AvgIpc) is 2.22. The van der Waals surface area contributed by atoms with Crippen LogP contribution in [-0.2, 0) is 4.79 Å². The van der Waals surface area contributed by atoms with Crippen molar-refractivity contribution in [3.05, 3.63) is 0 Å². The molecule has 0 saturated carbocycles. The maximum atomic E-state index is 10.4. The lowest BCUT2D eigenvalue weighted by Gasteiger charge is -2.18. The van der Waals surface area contributed by atoms with Gasteiger partial charge in [0.1, 0.15) is 6.04 Å². The molecular formula is C10H21N3O2. The van der Waals surface area contributed by atoms with Crippen molar-refractivity contribution in [3.8, 4) is 0 Å². The van der Waals surface area contributed by atoms with Crippen molar-refractivity contribution in [2.45, 2.75) is 32.2 Å². The molecule has 0 amide bonds. The molecule has 0 spiro atoms. The second kappa shape index (κ2) is 7.23. The predicted molar refractivity (Wildman–Crippen MR) is 61.1 cm³/mol. The van der Waals surface area contributed by atoms with Crippen LogP contribution in [0.15, 0.2) is 4.99 Å². The summed E-state index contributed by atoms with van der Waals surface area (Å²) in [6, 6.07) is -0.726. The Kier molecular flexibility index (Phi) is 6.70. The van der Waals surface area contributed by atoms with Gasteiger partial charge in [-0.2, -0.15) is 0 Å². The standard InChI is InChI=1S/C10H21N3O2/c1-8(12-2)13(3)7-5-4-6-9(11)10(14)15/h9H,4-7,11H2,1-3H3,(H,14,15)/t9-/m0/s1. The van der Waals surface area contributed by atoms with Gasteiger partial charge in [0, 0.05) is 20.6 Å². The molecule has 3 N–H and O–H groups in total. The van der Waals surface area contributed by atoms with Crippen LogP contribution in [0.5, 0.6) is 0 Å². The van der Waals surface area contributed by atoms with Crippen molar-refractivity contribution in [2.75, 3.05) is 20.6 Å². The SMILES string of the molecule is CN=C(C)N(C)CCCC[C@H](N)C(=O)O. The zero-order chi connectivity index (χ0) is 11.8. The highest BCUT2D eigenvalue weighted by Gasteiger charge is 2.10. The van der Waals surface area contributed by atoms with E-state index in [2.05, 4.69) is 4.99 Å². The molecule has 0 aromatic carbocycles. The van der Waals surface area contributed by atoms with Crippen LogP contribution in [0, 0.1) is 0 Å². The van der Waals surface area contributed by atoms with E-state index in [4.69, 9.17) is 10.8 Å². The Morgan fingerprint density at radius 3 is 2.60 bits per heavy atom. The Morgan fingerprint density at radius 2 is 2.13 bits per heavy atom. The van der Waals surface area contributed by atoms with Gasteiger partial charge < -0.3 is 15.7 Å². The number of carboxylic acids is 1. The van der Waals surface area contributed by atoms with Crippen molar-refractivity contribution in [1.29, 1.82) is 0 Å². The number of rotatable bonds is 6. The molecule has 0 aliphatic rings. The summed E-state index contributed by atoms with van der Waals surface area (Å²) in [5.74, 6) is 0.0622. The smallest absolute Gasteiger partial charge is 0.320 e. The molecule has 0 aliphatic heterocycles. The van der Waals surface area contributed by atoms with Crippen LogP contribution in [0.2, 0.25) is 0 Å². The number of nitrogens with zero attached hydrogens (tertiary/aromatic N) is 2. The Balaban J connectivity index is 3.59. The fourth-order valence-corrected chi connectivity index (χ4v) is 1.17. The van der Waals surface area contributed by atoms with Gasteiger partial charge in [0.15, 0.2) is 0 Å². The van der Waals surface area contributed by atoms with E-state index in [9.17, 15) is 4.79 Å². The lowest BCUT2D eigenvalue weighted by Crippen LogP contribution is -2.30. The lowest BCUT2D eigenvalue weighted by molar-refractivity contribution is -0.138. The van der Waals surface area contributed by atoms with Crippen LogP contribution in [0.25, 0.3) is 0 Å². The Morgan fingerprint density at radius 1 is 1.53 bits per heavy atom. The summed E-state index contributed by atoms with van der Waals surface area (Å²) >= 11 is 0. The van der Waals surface area contributed by atoms with Crippen LogP contribution in [0.4, 0.5) is 0 Å². The number of carbonyl (C=O) groups is 1. The average molecular weight is 215 g/mol. The van der Waals surface area contributed by atoms with E-state index in [-0.39, 0.29) is 0 Å². The molecule has 1 atom stereocenters. The number of aliphatic imine (C=N–C) groups is 1. The van der Waals surface area contributed by atoms with Gasteiger partial charge in [0.2, 0.25) is 0 Å². The summed E-state index contributed by atoms with van der Waals surface area (Å²) in [6.07, 6.45) is 2.30. The molecule has 0 aromatic heterocycles. The highest BCUT2D eigenvalue weighted by atomic mass is 16.4. The van der Waals surface area contributed by atoms with E-state index in [1.165, 1.54) is 0 Å². The molecule has 5 nitrogen and oxygen atoms in total. The van der Waals surface area contributed by atoms with Gasteiger partial charge in [-0.15, -0.1) is 0 Å². The maximum Gasteiger partial charge on any atom is 0.320 e. The second-order valence-corrected chi connectivity index (χ2v) is 3.63. The van der Waals surface area contributed by atoms with Gasteiger partial charge in [-0.3, -0.25) is 9.79 Å². The molecule has 0 heterocycles. The zero-order valence-electron chi connectivity index (χ0n) is 9.73. The predicted octanol–water partition coefficient (Wildman–Crippen LogP) is 0.549. The quantitative estimate of drug-likeness (QED) is 0.385. The van der Waals surface area contributed by atoms with E-state index in [1.54, 1.807) is 7.05 Å². The number of aliphatic carboxylic acids is 1. The minimum absolute atomic E-state index is 0.533. The molecule has 0 rings (SSSR count). The highest BCUT2D eigenvalue weighted by Crippen LogP contribution is 2.01. The number of hydrogen-bond acceptors (Lipinski definition) is 3. The summed E-state index contributed by atoms with van der Waals surface area (Å²) in [6.45, 7) is 2.83. The lowest BCUT2D eigenvalue weighted by atomic mass is 10.1. The normalized spacial score (nSPS) is 13.7. The molecule has 15 heavy (non-hydrogen) atoms. The third-order valence-electron chi connectivity index (χ3n) is 2.45. The second-order valence-electron chi connectivity index (χ2n) is 3.63. The van der Waals surface area contributed by atoms with Gasteiger partial charge in [-0.1, -0.05) is 0 Å². The molecular weight excluding hydrogens is 194 g/mol. The third kappa shape index (κ3) is 6.06. The first-order valence-corrected chi connectivity index (χ1v) is 5.12. The van der Waals surface area contributed by atoms with Gasteiger partial charge in [0.25, 0.3) is 0 Å². The minimum atomic E-state index is -0.922. The number of carboxylic acid groups (broad SMARTS) is 1. The molecule has 0 saturated heterocycles. The molecule has 0 bridgehead atoms. The molecule has 0 aromatic rings. The topological polar surface area (TPSA) is 78.9 Å². The fraction of sp³-hybridized carbons (Fsp3) is 0.800. The largest absolute Gasteiger partial charge is 0.480 e. The van der Waals surface area contributed by atoms with Crippen molar-refractivity contribution in [3.63, 3.8) is 0 Å². The maximum absolute atomic E-state index is 10.4. The highest BCUT2D eigenvalue weighted by molar-refractivity contribution is 5.79. The third-order valence-corrected chi connectivity index (χ3v) is 2.45. The number of hydrogen-bond donors (Lipinski definition) is 2. The zero-order valence-corrected chi connectivity index (χ0v) is 9.73. The Hall–Kier alpha value is -1.10. The van der Waals surface area contributed by atoms with Crippen LogP contribution in [0.3, 0.4) is 0 Å². The Labute approximate surface area is 91.0 Å². The monoisotopic (exact) mass is 215 g/mol. The van der Waals surface area contributed by atoms with Crippen molar-refractivity contribution in [2.24, 2.45) is 10.7 Å². The first-order chi connectivity index (χ1) is 6.99. The molecule has 5 heteroatoms. The van der Waals surface area contributed by atoms with Crippen molar-refractivity contribution < 1.29 is 9.90 Å². The van der Waals surface area contributed by atoms with Crippen LogP contribution in [0.1, 0.15) is 26.2 Å². The van der Waals surface area contributed by atoms with Gasteiger partial charge in [0.05, 0.1) is 5.84 Å². The van der Waals surface area contributed by atoms with Crippen molar-refractivity contribution >= 4 is 11.8 Å². The van der Waals surface area contributed by atoms with E-state index >= 15 is 0 Å². The van der Waals surface area contributed by atoms with Gasteiger partial charge in [-0.25, -0.2) is 0 Å².